The zero-order valence-corrected chi connectivity index (χ0v) is 26.3. The first-order valence-corrected chi connectivity index (χ1v) is 14.0. The molecular formula is C32H41N3O8. The van der Waals surface area contributed by atoms with E-state index in [4.69, 9.17) is 18.9 Å². The second-order valence-electron chi connectivity index (χ2n) is 12.7. The predicted octanol–water partition coefficient (Wildman–Crippen LogP) is 6.48. The van der Waals surface area contributed by atoms with Crippen LogP contribution in [0.2, 0.25) is 0 Å². The Bertz CT molecular complexity index is 1450. The third kappa shape index (κ3) is 8.79. The lowest BCUT2D eigenvalue weighted by atomic mass is 9.99. The number of ether oxygens (including phenoxy) is 4. The number of aromatic nitrogens is 2. The number of rotatable bonds is 8. The average molecular weight is 596 g/mol. The highest BCUT2D eigenvalue weighted by Gasteiger charge is 2.35. The van der Waals surface area contributed by atoms with Crippen molar-refractivity contribution in [3.8, 4) is 0 Å². The fraction of sp³-hybridized carbons (Fsp3) is 0.469. The van der Waals surface area contributed by atoms with E-state index < -0.39 is 40.9 Å². The molecule has 0 saturated heterocycles. The van der Waals surface area contributed by atoms with E-state index in [9.17, 15) is 19.2 Å². The van der Waals surface area contributed by atoms with Gasteiger partial charge in [0.25, 0.3) is 0 Å². The summed E-state index contributed by atoms with van der Waals surface area (Å²) in [5.41, 5.74) is -0.595. The predicted molar refractivity (Wildman–Crippen MR) is 160 cm³/mol. The summed E-state index contributed by atoms with van der Waals surface area (Å²) in [4.78, 5) is 57.3. The van der Waals surface area contributed by atoms with E-state index >= 15 is 0 Å². The number of hydrogen-bond acceptors (Lipinski definition) is 9. The van der Waals surface area contributed by atoms with Gasteiger partial charge in [0.05, 0.1) is 23.7 Å². The fourth-order valence-corrected chi connectivity index (χ4v) is 4.24. The van der Waals surface area contributed by atoms with Gasteiger partial charge in [0.15, 0.2) is 0 Å². The SMILES string of the molecule is COC(=O)c1nc2ccc(C(=O)OCc3ccccc3)cc2n1C(C)(C)CCN(C(=O)OC(C)(C)C)C(=O)OC(C)(C)C. The minimum atomic E-state index is -0.923. The maximum Gasteiger partial charge on any atom is 0.419 e. The number of hydrogen-bond donors (Lipinski definition) is 0. The normalized spacial score (nSPS) is 12.0. The van der Waals surface area contributed by atoms with E-state index in [1.165, 1.54) is 7.11 Å². The highest BCUT2D eigenvalue weighted by Crippen LogP contribution is 2.30. The van der Waals surface area contributed by atoms with E-state index in [0.29, 0.717) is 11.0 Å². The highest BCUT2D eigenvalue weighted by molar-refractivity contribution is 5.96. The molecule has 0 bridgehead atoms. The molecule has 0 aliphatic carbocycles. The van der Waals surface area contributed by atoms with Crippen molar-refractivity contribution >= 4 is 35.2 Å². The summed E-state index contributed by atoms with van der Waals surface area (Å²) in [5.74, 6) is -1.23. The number of carbonyl (C=O) groups is 4. The topological polar surface area (TPSA) is 126 Å². The van der Waals surface area contributed by atoms with Gasteiger partial charge in [-0.3, -0.25) is 0 Å². The summed E-state index contributed by atoms with van der Waals surface area (Å²) < 4.78 is 23.1. The highest BCUT2D eigenvalue weighted by atomic mass is 16.6. The van der Waals surface area contributed by atoms with E-state index in [-0.39, 0.29) is 31.0 Å². The van der Waals surface area contributed by atoms with Crippen LogP contribution in [0.3, 0.4) is 0 Å². The lowest BCUT2D eigenvalue weighted by Gasteiger charge is -2.33. The number of fused-ring (bicyclic) bond motifs is 1. The van der Waals surface area contributed by atoms with Crippen LogP contribution in [-0.4, -0.2) is 63.4 Å². The van der Waals surface area contributed by atoms with Crippen molar-refractivity contribution in [2.45, 2.75) is 85.2 Å². The second kappa shape index (κ2) is 12.8. The standard InChI is InChI=1S/C32H41N3O8/c1-30(2,3)42-28(38)34(29(39)43-31(4,5)6)18-17-32(7,8)35-24-19-22(15-16-23(24)33-25(35)27(37)40-9)26(36)41-20-21-13-11-10-12-14-21/h10-16,19H,17-18,20H2,1-9H3. The van der Waals surface area contributed by atoms with Crippen molar-refractivity contribution in [1.82, 2.24) is 14.5 Å². The first kappa shape index (κ1) is 33.1. The van der Waals surface area contributed by atoms with Gasteiger partial charge >= 0.3 is 24.1 Å². The molecule has 11 heteroatoms. The van der Waals surface area contributed by atoms with E-state index in [2.05, 4.69) is 4.98 Å². The van der Waals surface area contributed by atoms with Crippen LogP contribution in [0.15, 0.2) is 48.5 Å². The Hall–Kier alpha value is -4.41. The van der Waals surface area contributed by atoms with Gasteiger partial charge in [0.1, 0.15) is 17.8 Å². The van der Waals surface area contributed by atoms with Gasteiger partial charge in [-0.1, -0.05) is 30.3 Å². The van der Waals surface area contributed by atoms with Gasteiger partial charge in [0.2, 0.25) is 5.82 Å². The van der Waals surface area contributed by atoms with Crippen LogP contribution < -0.4 is 0 Å². The van der Waals surface area contributed by atoms with Gasteiger partial charge in [-0.15, -0.1) is 0 Å². The number of imide groups is 1. The largest absolute Gasteiger partial charge is 0.463 e. The molecule has 0 aliphatic rings. The molecular weight excluding hydrogens is 554 g/mol. The van der Waals surface area contributed by atoms with Crippen LogP contribution >= 0.6 is 0 Å². The number of methoxy groups -OCH3 is 1. The molecule has 0 saturated carbocycles. The van der Waals surface area contributed by atoms with Crippen molar-refractivity contribution in [3.05, 3.63) is 65.5 Å². The van der Waals surface area contributed by atoms with Gasteiger partial charge < -0.3 is 23.5 Å². The van der Waals surface area contributed by atoms with Crippen LogP contribution in [-0.2, 0) is 31.1 Å². The van der Waals surface area contributed by atoms with Crippen LogP contribution in [0, 0.1) is 0 Å². The maximum atomic E-state index is 13.1. The Labute approximate surface area is 252 Å². The van der Waals surface area contributed by atoms with Crippen LogP contribution in [0.1, 0.15) is 88.4 Å². The van der Waals surface area contributed by atoms with Gasteiger partial charge in [-0.05, 0) is 85.6 Å². The lowest BCUT2D eigenvalue weighted by Crippen LogP contribution is -2.45. The zero-order valence-electron chi connectivity index (χ0n) is 26.3. The average Bonchev–Trinajstić information content (AvgIpc) is 3.29. The Kier molecular flexibility index (Phi) is 9.89. The Morgan fingerprint density at radius 2 is 1.40 bits per heavy atom. The summed E-state index contributed by atoms with van der Waals surface area (Å²) in [6.45, 7) is 13.8. The molecule has 0 unspecified atom stereocenters. The smallest absolute Gasteiger partial charge is 0.419 e. The molecule has 11 nitrogen and oxygen atoms in total. The number of benzene rings is 2. The van der Waals surface area contributed by atoms with Gasteiger partial charge in [0, 0.05) is 12.1 Å². The number of carbonyl (C=O) groups excluding carboxylic acids is 4. The first-order chi connectivity index (χ1) is 19.9. The Balaban J connectivity index is 1.97. The third-order valence-electron chi connectivity index (χ3n) is 6.25. The molecule has 232 valence electrons. The number of nitrogens with zero attached hydrogens (tertiary/aromatic N) is 3. The number of esters is 2. The van der Waals surface area contributed by atoms with Crippen molar-refractivity contribution in [1.29, 1.82) is 0 Å². The quantitative estimate of drug-likeness (QED) is 0.212. The monoisotopic (exact) mass is 595 g/mol. The van der Waals surface area contributed by atoms with Crippen molar-refractivity contribution < 1.29 is 38.1 Å². The molecule has 2 aromatic carbocycles. The Morgan fingerprint density at radius 1 is 0.814 bits per heavy atom. The van der Waals surface area contributed by atoms with E-state index in [0.717, 1.165) is 10.5 Å². The van der Waals surface area contributed by atoms with E-state index in [1.807, 2.05) is 44.2 Å². The fourth-order valence-electron chi connectivity index (χ4n) is 4.24. The molecule has 0 fully saturated rings. The molecule has 0 atom stereocenters. The van der Waals surface area contributed by atoms with Gasteiger partial charge in [-0.2, -0.15) is 0 Å². The molecule has 0 radical (unpaired) electrons. The summed E-state index contributed by atoms with van der Waals surface area (Å²) in [5, 5.41) is 0. The van der Waals surface area contributed by atoms with E-state index in [1.54, 1.807) is 64.3 Å². The summed E-state index contributed by atoms with van der Waals surface area (Å²) in [6.07, 6.45) is -1.54. The molecule has 0 aliphatic heterocycles. The molecule has 3 rings (SSSR count). The minimum absolute atomic E-state index is 0.00149. The molecule has 3 aromatic rings. The van der Waals surface area contributed by atoms with Crippen molar-refractivity contribution in [2.24, 2.45) is 0 Å². The van der Waals surface area contributed by atoms with Crippen LogP contribution in [0.5, 0.6) is 0 Å². The maximum absolute atomic E-state index is 13.1. The molecule has 2 amide bonds. The molecule has 43 heavy (non-hydrogen) atoms. The van der Waals surface area contributed by atoms with Crippen LogP contribution in [0.25, 0.3) is 11.0 Å². The molecule has 0 spiro atoms. The van der Waals surface area contributed by atoms with Crippen molar-refractivity contribution in [3.63, 3.8) is 0 Å². The molecule has 1 heterocycles. The number of amides is 2. The van der Waals surface area contributed by atoms with Crippen LogP contribution in [0.4, 0.5) is 9.59 Å². The summed E-state index contributed by atoms with van der Waals surface area (Å²) in [6, 6.07) is 14.1. The Morgan fingerprint density at radius 3 is 1.93 bits per heavy atom. The number of imidazole rings is 1. The summed E-state index contributed by atoms with van der Waals surface area (Å²) in [7, 11) is 1.25. The molecule has 0 N–H and O–H groups in total. The second-order valence-corrected chi connectivity index (χ2v) is 12.7. The van der Waals surface area contributed by atoms with Crippen molar-refractivity contribution in [2.75, 3.05) is 13.7 Å². The van der Waals surface area contributed by atoms with Gasteiger partial charge in [-0.25, -0.2) is 29.1 Å². The first-order valence-electron chi connectivity index (χ1n) is 14.0. The summed E-state index contributed by atoms with van der Waals surface area (Å²) >= 11 is 0. The zero-order chi connectivity index (χ0) is 32.2. The minimum Gasteiger partial charge on any atom is -0.463 e. The third-order valence-corrected chi connectivity index (χ3v) is 6.25. The lowest BCUT2D eigenvalue weighted by molar-refractivity contribution is -0.000309. The molecule has 1 aromatic heterocycles.